The highest BCUT2D eigenvalue weighted by molar-refractivity contribution is 6.24. The number of rotatable bonds is 1. The zero-order valence-corrected chi connectivity index (χ0v) is 5.70. The Kier molecular flexibility index (Phi) is 1.85. The van der Waals surface area contributed by atoms with E-state index in [2.05, 4.69) is 21.1 Å². The van der Waals surface area contributed by atoms with Gasteiger partial charge in [-0.05, 0) is 11.6 Å². The van der Waals surface area contributed by atoms with Crippen LogP contribution in [0.4, 0.5) is 13.2 Å². The Morgan fingerprint density at radius 2 is 2.00 bits per heavy atom. The van der Waals surface area contributed by atoms with Crippen LogP contribution in [-0.2, 0) is 14.3 Å². The maximum Gasteiger partial charge on any atom is 0.376 e. The van der Waals surface area contributed by atoms with Crippen molar-refractivity contribution in [2.24, 2.45) is 0 Å². The van der Waals surface area contributed by atoms with Crippen molar-refractivity contribution in [1.29, 1.82) is 0 Å². The lowest BCUT2D eigenvalue weighted by Gasteiger charge is -2.18. The Balaban J connectivity index is 2.93. The molecular formula is C4H2ClF3O3. The van der Waals surface area contributed by atoms with Crippen LogP contribution >= 0.6 is 11.6 Å². The lowest BCUT2D eigenvalue weighted by atomic mass is 10.3. The molecule has 1 heterocycles. The summed E-state index contributed by atoms with van der Waals surface area (Å²) >= 11 is 4.62. The normalized spacial score (nSPS) is 44.4. The number of hydrogen-bond acceptors (Lipinski definition) is 3. The minimum Gasteiger partial charge on any atom is -0.305 e. The van der Waals surface area contributed by atoms with E-state index >= 15 is 0 Å². The number of halogens is 4. The van der Waals surface area contributed by atoms with Gasteiger partial charge in [-0.2, -0.15) is 13.2 Å². The van der Waals surface area contributed by atoms with Gasteiger partial charge in [0.25, 0.3) is 0 Å². The fourth-order valence-electron chi connectivity index (χ4n) is 0.533. The number of alkyl halides is 3. The molecule has 0 saturated carbocycles. The van der Waals surface area contributed by atoms with Crippen LogP contribution < -0.4 is 0 Å². The van der Waals surface area contributed by atoms with Gasteiger partial charge in [-0.1, -0.05) is 0 Å². The van der Waals surface area contributed by atoms with Crippen molar-refractivity contribution < 1.29 is 27.4 Å². The summed E-state index contributed by atoms with van der Waals surface area (Å²) in [4.78, 5) is 9.81. The highest BCUT2D eigenvalue weighted by atomic mass is 35.5. The summed E-state index contributed by atoms with van der Waals surface area (Å²) in [6.45, 7) is -0.911. The molecule has 0 N–H and O–H groups in total. The second-order valence-electron chi connectivity index (χ2n) is 1.79. The quantitative estimate of drug-likeness (QED) is 0.457. The average molecular weight is 191 g/mol. The van der Waals surface area contributed by atoms with Crippen LogP contribution in [0.2, 0.25) is 0 Å². The molecule has 3 nitrogen and oxygen atoms in total. The third-order valence-electron chi connectivity index (χ3n) is 1.13. The van der Waals surface area contributed by atoms with E-state index in [0.717, 1.165) is 0 Å². The van der Waals surface area contributed by atoms with E-state index in [1.807, 2.05) is 0 Å². The van der Waals surface area contributed by atoms with Crippen molar-refractivity contribution >= 4 is 17.6 Å². The maximum absolute atomic E-state index is 12.6. The molecule has 0 amide bonds. The molecule has 64 valence electrons. The molecule has 1 aliphatic rings. The Morgan fingerprint density at radius 1 is 1.45 bits per heavy atom. The monoisotopic (exact) mass is 190 g/mol. The van der Waals surface area contributed by atoms with Gasteiger partial charge in [0.2, 0.25) is 0 Å². The van der Waals surface area contributed by atoms with E-state index in [9.17, 15) is 18.0 Å². The van der Waals surface area contributed by atoms with Crippen LogP contribution in [-0.4, -0.2) is 24.0 Å². The molecule has 0 aromatic carbocycles. The van der Waals surface area contributed by atoms with Crippen molar-refractivity contribution in [3.05, 3.63) is 0 Å². The predicted molar refractivity (Wildman–Crippen MR) is 26.7 cm³/mol. The van der Waals surface area contributed by atoms with E-state index in [-0.39, 0.29) is 0 Å². The number of ether oxygens (including phenoxy) is 2. The minimum atomic E-state index is -3.84. The molecule has 0 aromatic rings. The van der Waals surface area contributed by atoms with Gasteiger partial charge < -0.3 is 9.47 Å². The van der Waals surface area contributed by atoms with Gasteiger partial charge in [-0.25, -0.2) is 0 Å². The molecule has 0 spiro atoms. The summed E-state index contributed by atoms with van der Waals surface area (Å²) in [6.07, 6.45) is 0. The van der Waals surface area contributed by atoms with Crippen LogP contribution in [0.25, 0.3) is 0 Å². The highest BCUT2D eigenvalue weighted by Gasteiger charge is 2.66. The van der Waals surface area contributed by atoms with Gasteiger partial charge in [0.05, 0.1) is 0 Å². The van der Waals surface area contributed by atoms with E-state index < -0.39 is 24.0 Å². The van der Waals surface area contributed by atoms with Crippen LogP contribution in [0.15, 0.2) is 0 Å². The third kappa shape index (κ3) is 1.11. The first-order valence-electron chi connectivity index (χ1n) is 2.45. The van der Waals surface area contributed by atoms with Crippen molar-refractivity contribution in [3.63, 3.8) is 0 Å². The first kappa shape index (κ1) is 8.76. The zero-order chi connectivity index (χ0) is 8.70. The summed E-state index contributed by atoms with van der Waals surface area (Å²) in [7, 11) is 0. The Morgan fingerprint density at radius 3 is 2.18 bits per heavy atom. The van der Waals surface area contributed by atoms with Crippen LogP contribution in [0.5, 0.6) is 0 Å². The SMILES string of the molecule is O=C(F)C1(F)OCOC1(F)Cl. The summed E-state index contributed by atoms with van der Waals surface area (Å²) < 4.78 is 44.3. The number of hydrogen-bond donors (Lipinski definition) is 0. The summed E-state index contributed by atoms with van der Waals surface area (Å²) in [6, 6.07) is -2.66. The largest absolute Gasteiger partial charge is 0.376 e. The van der Waals surface area contributed by atoms with Gasteiger partial charge in [0.1, 0.15) is 0 Å². The zero-order valence-electron chi connectivity index (χ0n) is 4.94. The standard InChI is InChI=1S/C4H2ClF3O3/c5-4(8)3(7,2(6)9)10-1-11-4/h1H2. The molecule has 2 atom stereocenters. The predicted octanol–water partition coefficient (Wildman–Crippen LogP) is 1.01. The second-order valence-corrected chi connectivity index (χ2v) is 2.28. The van der Waals surface area contributed by atoms with E-state index in [1.54, 1.807) is 0 Å². The van der Waals surface area contributed by atoms with Gasteiger partial charge >= 0.3 is 17.2 Å². The lowest BCUT2D eigenvalue weighted by molar-refractivity contribution is -0.195. The molecule has 11 heavy (non-hydrogen) atoms. The number of carbonyl (C=O) groups excluding carboxylic acids is 1. The first-order chi connectivity index (χ1) is 4.90. The van der Waals surface area contributed by atoms with Crippen molar-refractivity contribution in [3.8, 4) is 0 Å². The molecule has 0 aliphatic carbocycles. The van der Waals surface area contributed by atoms with E-state index in [0.29, 0.717) is 0 Å². The molecular weight excluding hydrogens is 188 g/mol. The summed E-state index contributed by atoms with van der Waals surface area (Å²) in [5, 5.41) is -3.57. The summed E-state index contributed by atoms with van der Waals surface area (Å²) in [5.74, 6) is -3.84. The first-order valence-corrected chi connectivity index (χ1v) is 2.82. The smallest absolute Gasteiger partial charge is 0.305 e. The van der Waals surface area contributed by atoms with Crippen LogP contribution in [0, 0.1) is 0 Å². The van der Waals surface area contributed by atoms with Gasteiger partial charge in [-0.15, -0.1) is 0 Å². The maximum atomic E-state index is 12.6. The van der Waals surface area contributed by atoms with Gasteiger partial charge in [0.15, 0.2) is 6.79 Å². The molecule has 0 aromatic heterocycles. The van der Waals surface area contributed by atoms with E-state index in [1.165, 1.54) is 0 Å². The van der Waals surface area contributed by atoms with E-state index in [4.69, 9.17) is 0 Å². The third-order valence-corrected chi connectivity index (χ3v) is 1.48. The van der Waals surface area contributed by atoms with Gasteiger partial charge in [0, 0.05) is 0 Å². The van der Waals surface area contributed by atoms with Crippen molar-refractivity contribution in [1.82, 2.24) is 0 Å². The lowest BCUT2D eigenvalue weighted by Crippen LogP contribution is -2.45. The van der Waals surface area contributed by atoms with Crippen LogP contribution in [0.1, 0.15) is 0 Å². The topological polar surface area (TPSA) is 35.5 Å². The Bertz CT molecular complexity index is 197. The molecule has 1 saturated heterocycles. The highest BCUT2D eigenvalue weighted by Crippen LogP contribution is 2.42. The average Bonchev–Trinajstić information content (AvgIpc) is 2.09. The second kappa shape index (κ2) is 2.33. The molecule has 0 radical (unpaired) electrons. The fourth-order valence-corrected chi connectivity index (χ4v) is 0.706. The molecule has 2 unspecified atom stereocenters. The minimum absolute atomic E-state index is 0.911. The van der Waals surface area contributed by atoms with Crippen molar-refractivity contribution in [2.45, 2.75) is 11.2 Å². The molecule has 1 aliphatic heterocycles. The molecule has 7 heteroatoms. The van der Waals surface area contributed by atoms with Crippen LogP contribution in [0.3, 0.4) is 0 Å². The van der Waals surface area contributed by atoms with Gasteiger partial charge in [-0.3, -0.25) is 4.79 Å². The molecule has 1 fully saturated rings. The Hall–Kier alpha value is -0.330. The molecule has 1 rings (SSSR count). The summed E-state index contributed by atoms with van der Waals surface area (Å²) in [5.41, 5.74) is 0. The van der Waals surface area contributed by atoms with Crippen molar-refractivity contribution in [2.75, 3.05) is 6.79 Å². The number of carbonyl (C=O) groups is 1. The molecule has 0 bridgehead atoms. The Labute approximate surface area is 64.0 Å². The fraction of sp³-hybridized carbons (Fsp3) is 0.750.